The second kappa shape index (κ2) is 5.91. The average Bonchev–Trinajstić information content (AvgIpc) is 2.84. The molecule has 18 heavy (non-hydrogen) atoms. The number of benzene rings is 1. The third kappa shape index (κ3) is 2.79. The summed E-state index contributed by atoms with van der Waals surface area (Å²) in [5.74, 6) is 0.806. The van der Waals surface area contributed by atoms with E-state index in [4.69, 9.17) is 16.3 Å². The quantitative estimate of drug-likeness (QED) is 0.909. The van der Waals surface area contributed by atoms with Gasteiger partial charge in [0.15, 0.2) is 0 Å². The van der Waals surface area contributed by atoms with Crippen LogP contribution in [-0.2, 0) is 0 Å². The molecule has 1 aliphatic rings. The van der Waals surface area contributed by atoms with Gasteiger partial charge in [-0.15, -0.1) is 0 Å². The summed E-state index contributed by atoms with van der Waals surface area (Å²) in [6.45, 7) is 1.10. The monoisotopic (exact) mass is 268 g/mol. The minimum atomic E-state index is 0.311. The number of likely N-dealkylation sites (N-methyl/N-ethyl adjacent to an activating group) is 1. The Hall–Kier alpha value is -0.770. The zero-order valence-electron chi connectivity index (χ0n) is 11.2. The van der Waals surface area contributed by atoms with Gasteiger partial charge in [-0.2, -0.15) is 0 Å². The molecule has 100 valence electrons. The Kier molecular flexibility index (Phi) is 4.49. The van der Waals surface area contributed by atoms with Gasteiger partial charge in [0.05, 0.1) is 13.2 Å². The van der Waals surface area contributed by atoms with Crippen molar-refractivity contribution in [2.75, 3.05) is 27.7 Å². The van der Waals surface area contributed by atoms with Gasteiger partial charge in [0.25, 0.3) is 0 Å². The van der Waals surface area contributed by atoms with E-state index in [1.165, 1.54) is 18.4 Å². The van der Waals surface area contributed by atoms with Crippen LogP contribution < -0.4 is 10.1 Å². The van der Waals surface area contributed by atoms with Gasteiger partial charge < -0.3 is 15.0 Å². The highest BCUT2D eigenvalue weighted by molar-refractivity contribution is 6.31. The first kappa shape index (κ1) is 13.7. The van der Waals surface area contributed by atoms with Gasteiger partial charge >= 0.3 is 0 Å². The van der Waals surface area contributed by atoms with Crippen molar-refractivity contribution in [2.45, 2.75) is 24.9 Å². The topological polar surface area (TPSA) is 24.5 Å². The van der Waals surface area contributed by atoms with Crippen LogP contribution in [0.15, 0.2) is 18.2 Å². The Balaban J connectivity index is 2.30. The number of halogens is 1. The highest BCUT2D eigenvalue weighted by Gasteiger charge is 2.29. The lowest BCUT2D eigenvalue weighted by Crippen LogP contribution is -2.37. The molecule has 1 N–H and O–H groups in total. The Morgan fingerprint density at radius 1 is 1.44 bits per heavy atom. The van der Waals surface area contributed by atoms with Gasteiger partial charge in [-0.25, -0.2) is 0 Å². The second-order valence-corrected chi connectivity index (χ2v) is 5.41. The van der Waals surface area contributed by atoms with Crippen LogP contribution in [0.5, 0.6) is 5.75 Å². The van der Waals surface area contributed by atoms with Gasteiger partial charge in [-0.1, -0.05) is 17.7 Å². The molecule has 0 saturated carbocycles. The third-order valence-corrected chi connectivity index (χ3v) is 3.89. The molecule has 1 heterocycles. The molecule has 2 rings (SSSR count). The summed E-state index contributed by atoms with van der Waals surface area (Å²) >= 11 is 6.39. The molecule has 0 aromatic heterocycles. The van der Waals surface area contributed by atoms with Crippen LogP contribution in [0, 0.1) is 0 Å². The van der Waals surface area contributed by atoms with E-state index in [-0.39, 0.29) is 0 Å². The van der Waals surface area contributed by atoms with E-state index in [2.05, 4.69) is 30.4 Å². The summed E-state index contributed by atoms with van der Waals surface area (Å²) in [4.78, 5) is 2.23. The van der Waals surface area contributed by atoms with Crippen molar-refractivity contribution < 1.29 is 4.74 Å². The number of hydrogen-bond donors (Lipinski definition) is 1. The third-order valence-electron chi connectivity index (χ3n) is 3.56. The van der Waals surface area contributed by atoms with Crippen molar-refractivity contribution in [1.29, 1.82) is 0 Å². The molecule has 0 spiro atoms. The van der Waals surface area contributed by atoms with E-state index in [1.807, 2.05) is 12.1 Å². The van der Waals surface area contributed by atoms with Crippen LogP contribution >= 0.6 is 11.6 Å². The smallest absolute Gasteiger partial charge is 0.120 e. The summed E-state index contributed by atoms with van der Waals surface area (Å²) in [5, 5.41) is 4.34. The van der Waals surface area contributed by atoms with Crippen LogP contribution in [-0.4, -0.2) is 38.7 Å². The molecular weight excluding hydrogens is 248 g/mol. The Labute approximate surface area is 114 Å². The number of nitrogens with one attached hydrogen (secondary N) is 1. The fourth-order valence-electron chi connectivity index (χ4n) is 2.71. The normalized spacial score (nSPS) is 21.3. The van der Waals surface area contributed by atoms with Crippen LogP contribution in [0.1, 0.15) is 24.4 Å². The number of methoxy groups -OCH3 is 1. The predicted octanol–water partition coefficient (Wildman–Crippen LogP) is 2.70. The molecule has 1 fully saturated rings. The number of hydrogen-bond acceptors (Lipinski definition) is 3. The van der Waals surface area contributed by atoms with E-state index < -0.39 is 0 Å². The molecule has 1 aliphatic heterocycles. The van der Waals surface area contributed by atoms with E-state index in [1.54, 1.807) is 7.11 Å². The summed E-state index contributed by atoms with van der Waals surface area (Å²) in [7, 11) is 5.86. The molecule has 3 nitrogen and oxygen atoms in total. The highest BCUT2D eigenvalue weighted by Crippen LogP contribution is 2.34. The van der Waals surface area contributed by atoms with Gasteiger partial charge in [0.1, 0.15) is 5.75 Å². The Morgan fingerprint density at radius 2 is 2.22 bits per heavy atom. The molecule has 2 atom stereocenters. The molecule has 1 saturated heterocycles. The molecule has 0 bridgehead atoms. The van der Waals surface area contributed by atoms with Gasteiger partial charge in [0.2, 0.25) is 0 Å². The van der Waals surface area contributed by atoms with E-state index in [0.717, 1.165) is 17.3 Å². The molecule has 0 radical (unpaired) electrons. The predicted molar refractivity (Wildman–Crippen MR) is 75.5 cm³/mol. The summed E-state index contributed by atoms with van der Waals surface area (Å²) < 4.78 is 5.20. The van der Waals surface area contributed by atoms with Crippen LogP contribution in [0.4, 0.5) is 0 Å². The number of ether oxygens (including phenoxy) is 1. The maximum Gasteiger partial charge on any atom is 0.120 e. The zero-order chi connectivity index (χ0) is 13.1. The lowest BCUT2D eigenvalue weighted by molar-refractivity contribution is 0.244. The van der Waals surface area contributed by atoms with E-state index in [9.17, 15) is 0 Å². The molecule has 0 aliphatic carbocycles. The molecule has 2 unspecified atom stereocenters. The summed E-state index contributed by atoms with van der Waals surface area (Å²) in [6, 6.07) is 6.73. The van der Waals surface area contributed by atoms with Crippen molar-refractivity contribution >= 4 is 11.6 Å². The van der Waals surface area contributed by atoms with Crippen molar-refractivity contribution in [3.63, 3.8) is 0 Å². The van der Waals surface area contributed by atoms with Gasteiger partial charge in [-0.3, -0.25) is 0 Å². The van der Waals surface area contributed by atoms with Crippen molar-refractivity contribution in [1.82, 2.24) is 10.2 Å². The first-order valence-corrected chi connectivity index (χ1v) is 6.74. The van der Waals surface area contributed by atoms with Crippen LogP contribution in [0.2, 0.25) is 5.02 Å². The van der Waals surface area contributed by atoms with Crippen molar-refractivity contribution in [3.05, 3.63) is 28.8 Å². The van der Waals surface area contributed by atoms with Crippen LogP contribution in [0.3, 0.4) is 0 Å². The first-order valence-electron chi connectivity index (χ1n) is 6.36. The standard InChI is InChI=1S/C14H21ClN2O/c1-17(2)14(13-5-4-8-16-13)11-7-6-10(18-3)9-12(11)15/h6-7,9,13-14,16H,4-5,8H2,1-3H3. The highest BCUT2D eigenvalue weighted by atomic mass is 35.5. The van der Waals surface area contributed by atoms with Crippen molar-refractivity contribution in [2.24, 2.45) is 0 Å². The molecule has 4 heteroatoms. The maximum absolute atomic E-state index is 6.39. The first-order chi connectivity index (χ1) is 8.63. The van der Waals surface area contributed by atoms with E-state index >= 15 is 0 Å². The van der Waals surface area contributed by atoms with E-state index in [0.29, 0.717) is 12.1 Å². The summed E-state index contributed by atoms with van der Waals surface area (Å²) in [6.07, 6.45) is 2.44. The van der Waals surface area contributed by atoms with Gasteiger partial charge in [-0.05, 0) is 51.2 Å². The Morgan fingerprint density at radius 3 is 2.72 bits per heavy atom. The largest absolute Gasteiger partial charge is 0.497 e. The maximum atomic E-state index is 6.39. The Bertz CT molecular complexity index is 403. The molecular formula is C14H21ClN2O. The zero-order valence-corrected chi connectivity index (χ0v) is 12.0. The fraction of sp³-hybridized carbons (Fsp3) is 0.571. The minimum absolute atomic E-state index is 0.311. The van der Waals surface area contributed by atoms with Crippen LogP contribution in [0.25, 0.3) is 0 Å². The molecule has 1 aromatic carbocycles. The second-order valence-electron chi connectivity index (χ2n) is 5.00. The SMILES string of the molecule is COc1ccc(C(C2CCCN2)N(C)C)c(Cl)c1. The van der Waals surface area contributed by atoms with Gasteiger partial charge in [0, 0.05) is 11.1 Å². The number of nitrogens with zero attached hydrogens (tertiary/aromatic N) is 1. The molecule has 0 amide bonds. The number of rotatable bonds is 4. The minimum Gasteiger partial charge on any atom is -0.497 e. The average molecular weight is 269 g/mol. The lowest BCUT2D eigenvalue weighted by Gasteiger charge is -2.31. The lowest BCUT2D eigenvalue weighted by atomic mass is 9.97. The summed E-state index contributed by atoms with van der Waals surface area (Å²) in [5.41, 5.74) is 1.17. The fourth-order valence-corrected chi connectivity index (χ4v) is 2.99. The molecule has 1 aromatic rings. The van der Waals surface area contributed by atoms with Crippen molar-refractivity contribution in [3.8, 4) is 5.75 Å².